The number of phenolic OH excluding ortho intramolecular Hbond substituents is 1. The summed E-state index contributed by atoms with van der Waals surface area (Å²) in [5.74, 6) is 1.19. The van der Waals surface area contributed by atoms with Gasteiger partial charge >= 0.3 is 0 Å². The van der Waals surface area contributed by atoms with Crippen LogP contribution in [-0.2, 0) is 6.42 Å². The number of benzene rings is 2. The van der Waals surface area contributed by atoms with Crippen LogP contribution in [-0.4, -0.2) is 32.2 Å². The van der Waals surface area contributed by atoms with Crippen LogP contribution in [0.4, 0.5) is 0 Å². The fourth-order valence-corrected chi connectivity index (χ4v) is 3.13. The Morgan fingerprint density at radius 2 is 1.79 bits per heavy atom. The maximum atomic E-state index is 13.3. The number of rotatable bonds is 8. The smallest absolute Gasteiger partial charge is 0.203 e. The molecular formula is C23H22O6. The molecule has 150 valence electrons. The summed E-state index contributed by atoms with van der Waals surface area (Å²) in [4.78, 5) is 13.3. The molecule has 3 rings (SSSR count). The van der Waals surface area contributed by atoms with Gasteiger partial charge in [-0.3, -0.25) is 4.79 Å². The van der Waals surface area contributed by atoms with Crippen molar-refractivity contribution in [2.75, 3.05) is 21.3 Å². The minimum Gasteiger partial charge on any atom is -0.507 e. The van der Waals surface area contributed by atoms with Crippen molar-refractivity contribution < 1.29 is 28.5 Å². The van der Waals surface area contributed by atoms with Crippen molar-refractivity contribution in [1.82, 2.24) is 0 Å². The molecule has 0 atom stereocenters. The molecule has 0 aliphatic carbocycles. The van der Waals surface area contributed by atoms with Crippen molar-refractivity contribution >= 4 is 5.78 Å². The molecule has 0 saturated heterocycles. The highest BCUT2D eigenvalue weighted by atomic mass is 16.5. The van der Waals surface area contributed by atoms with E-state index in [0.29, 0.717) is 40.6 Å². The summed E-state index contributed by atoms with van der Waals surface area (Å²) in [6, 6.07) is 10.0. The molecule has 0 aliphatic rings. The second kappa shape index (κ2) is 8.56. The largest absolute Gasteiger partial charge is 0.507 e. The molecule has 0 radical (unpaired) electrons. The van der Waals surface area contributed by atoms with Crippen molar-refractivity contribution in [2.45, 2.75) is 6.42 Å². The molecule has 6 heteroatoms. The van der Waals surface area contributed by atoms with Crippen LogP contribution in [0.25, 0.3) is 11.3 Å². The van der Waals surface area contributed by atoms with Crippen LogP contribution in [0.2, 0.25) is 0 Å². The minimum atomic E-state index is -0.388. The summed E-state index contributed by atoms with van der Waals surface area (Å²) in [5.41, 5.74) is 1.69. The van der Waals surface area contributed by atoms with E-state index in [1.165, 1.54) is 21.3 Å². The predicted molar refractivity (Wildman–Crippen MR) is 109 cm³/mol. The van der Waals surface area contributed by atoms with Gasteiger partial charge in [0.15, 0.2) is 17.3 Å². The number of carbonyl (C=O) groups excluding carboxylic acids is 1. The van der Waals surface area contributed by atoms with Gasteiger partial charge in [-0.25, -0.2) is 0 Å². The molecule has 0 unspecified atom stereocenters. The van der Waals surface area contributed by atoms with E-state index in [2.05, 4.69) is 6.58 Å². The van der Waals surface area contributed by atoms with Crippen LogP contribution in [0.1, 0.15) is 21.5 Å². The first-order chi connectivity index (χ1) is 14.0. The van der Waals surface area contributed by atoms with Gasteiger partial charge in [-0.1, -0.05) is 6.08 Å². The van der Waals surface area contributed by atoms with Gasteiger partial charge in [0.1, 0.15) is 11.5 Å². The average Bonchev–Trinajstić information content (AvgIpc) is 3.28. The van der Waals surface area contributed by atoms with Crippen molar-refractivity contribution in [3.8, 4) is 34.3 Å². The molecule has 6 nitrogen and oxygen atoms in total. The lowest BCUT2D eigenvalue weighted by molar-refractivity contribution is 0.103. The zero-order valence-corrected chi connectivity index (χ0v) is 16.5. The molecule has 1 N–H and O–H groups in total. The van der Waals surface area contributed by atoms with Crippen LogP contribution in [0.5, 0.6) is 23.0 Å². The molecule has 0 spiro atoms. The maximum absolute atomic E-state index is 13.3. The molecular weight excluding hydrogens is 372 g/mol. The maximum Gasteiger partial charge on any atom is 0.203 e. The quantitative estimate of drug-likeness (QED) is 0.443. The summed E-state index contributed by atoms with van der Waals surface area (Å²) < 4.78 is 21.4. The Bertz CT molecular complexity index is 1010. The molecule has 0 fully saturated rings. The molecule has 3 aromatic rings. The Labute approximate surface area is 169 Å². The zero-order chi connectivity index (χ0) is 21.0. The van der Waals surface area contributed by atoms with Crippen LogP contribution >= 0.6 is 0 Å². The van der Waals surface area contributed by atoms with E-state index >= 15 is 0 Å². The molecule has 0 amide bonds. The highest BCUT2D eigenvalue weighted by molar-refractivity contribution is 6.12. The van der Waals surface area contributed by atoms with E-state index in [1.54, 1.807) is 48.7 Å². The van der Waals surface area contributed by atoms with Gasteiger partial charge in [-0.2, -0.15) is 0 Å². The van der Waals surface area contributed by atoms with Gasteiger partial charge in [0.25, 0.3) is 0 Å². The van der Waals surface area contributed by atoms with Crippen LogP contribution < -0.4 is 14.2 Å². The second-order valence-electron chi connectivity index (χ2n) is 6.24. The number of ketones is 1. The lowest BCUT2D eigenvalue weighted by Gasteiger charge is -2.15. The predicted octanol–water partition coefficient (Wildman–Crippen LogP) is 4.64. The number of phenols is 1. The lowest BCUT2D eigenvalue weighted by Crippen LogP contribution is -2.06. The molecule has 2 aromatic carbocycles. The molecule has 0 aliphatic heterocycles. The number of hydrogen-bond acceptors (Lipinski definition) is 6. The highest BCUT2D eigenvalue weighted by Crippen LogP contribution is 2.40. The number of carbonyl (C=O) groups is 1. The SMILES string of the molecule is C=CCc1cc(-c2ccco2)cc(C(=O)c2cc(OC)c(OC)c(OC)c2)c1O. The third-order valence-corrected chi connectivity index (χ3v) is 4.53. The Balaban J connectivity index is 2.17. The Hall–Kier alpha value is -3.67. The van der Waals surface area contributed by atoms with Gasteiger partial charge in [-0.15, -0.1) is 6.58 Å². The number of allylic oxidation sites excluding steroid dienone is 1. The van der Waals surface area contributed by atoms with E-state index in [4.69, 9.17) is 18.6 Å². The third-order valence-electron chi connectivity index (χ3n) is 4.53. The Morgan fingerprint density at radius 1 is 1.10 bits per heavy atom. The fraction of sp³-hybridized carbons (Fsp3) is 0.174. The van der Waals surface area contributed by atoms with E-state index in [-0.39, 0.29) is 22.7 Å². The average molecular weight is 394 g/mol. The standard InChI is InChI=1S/C23H22O6/c1-5-7-14-10-15(18-8-6-9-29-18)11-17(21(14)24)22(25)16-12-19(26-2)23(28-4)20(13-16)27-3/h5-6,8-13,24H,1,7H2,2-4H3. The van der Waals surface area contributed by atoms with Crippen LogP contribution in [0.3, 0.4) is 0 Å². The molecule has 29 heavy (non-hydrogen) atoms. The Morgan fingerprint density at radius 3 is 2.31 bits per heavy atom. The van der Waals surface area contributed by atoms with Crippen molar-refractivity contribution in [2.24, 2.45) is 0 Å². The van der Waals surface area contributed by atoms with Crippen LogP contribution in [0.15, 0.2) is 59.7 Å². The first-order valence-corrected chi connectivity index (χ1v) is 8.89. The molecule has 1 heterocycles. The second-order valence-corrected chi connectivity index (χ2v) is 6.24. The lowest BCUT2D eigenvalue weighted by atomic mass is 9.94. The topological polar surface area (TPSA) is 78.1 Å². The van der Waals surface area contributed by atoms with Gasteiger partial charge in [0.05, 0.1) is 33.2 Å². The van der Waals surface area contributed by atoms with E-state index in [9.17, 15) is 9.90 Å². The summed E-state index contributed by atoms with van der Waals surface area (Å²) in [6.45, 7) is 3.72. The third kappa shape index (κ3) is 3.82. The zero-order valence-electron chi connectivity index (χ0n) is 16.5. The van der Waals surface area contributed by atoms with Gasteiger partial charge in [0, 0.05) is 11.1 Å². The summed E-state index contributed by atoms with van der Waals surface area (Å²) >= 11 is 0. The van der Waals surface area contributed by atoms with Crippen molar-refractivity contribution in [3.05, 3.63) is 72.0 Å². The summed E-state index contributed by atoms with van der Waals surface area (Å²) in [6.07, 6.45) is 3.61. The molecule has 0 saturated carbocycles. The number of ether oxygens (including phenoxy) is 3. The normalized spacial score (nSPS) is 10.4. The number of aromatic hydroxyl groups is 1. The molecule has 1 aromatic heterocycles. The van der Waals surface area contributed by atoms with Crippen molar-refractivity contribution in [1.29, 1.82) is 0 Å². The molecule has 0 bridgehead atoms. The number of hydrogen-bond donors (Lipinski definition) is 1. The fourth-order valence-electron chi connectivity index (χ4n) is 3.13. The van der Waals surface area contributed by atoms with E-state index in [0.717, 1.165) is 0 Å². The van der Waals surface area contributed by atoms with Crippen LogP contribution in [0, 0.1) is 0 Å². The number of methoxy groups -OCH3 is 3. The van der Waals surface area contributed by atoms with Gasteiger partial charge < -0.3 is 23.7 Å². The monoisotopic (exact) mass is 394 g/mol. The van der Waals surface area contributed by atoms with Gasteiger partial charge in [-0.05, 0) is 48.4 Å². The first-order valence-electron chi connectivity index (χ1n) is 8.89. The van der Waals surface area contributed by atoms with E-state index in [1.807, 2.05) is 0 Å². The highest BCUT2D eigenvalue weighted by Gasteiger charge is 2.22. The Kier molecular flexibility index (Phi) is 5.93. The first kappa shape index (κ1) is 20.1. The summed E-state index contributed by atoms with van der Waals surface area (Å²) in [5, 5.41) is 10.7. The summed E-state index contributed by atoms with van der Waals surface area (Å²) in [7, 11) is 4.44. The number of furan rings is 1. The minimum absolute atomic E-state index is 0.0982. The van der Waals surface area contributed by atoms with Crippen molar-refractivity contribution in [3.63, 3.8) is 0 Å². The van der Waals surface area contributed by atoms with E-state index < -0.39 is 0 Å². The van der Waals surface area contributed by atoms with Gasteiger partial charge in [0.2, 0.25) is 5.75 Å².